The Labute approximate surface area is 127 Å². The van der Waals surface area contributed by atoms with E-state index in [2.05, 4.69) is 6.08 Å². The lowest BCUT2D eigenvalue weighted by molar-refractivity contribution is 0.200. The molecule has 110 valence electrons. The second-order valence-electron chi connectivity index (χ2n) is 5.54. The number of allylic oxidation sites excluding steroid dienone is 1. The molecule has 2 atom stereocenters. The lowest BCUT2D eigenvalue weighted by Gasteiger charge is -2.25. The van der Waals surface area contributed by atoms with Crippen molar-refractivity contribution in [3.05, 3.63) is 40.9 Å². The molecule has 0 spiro atoms. The van der Waals surface area contributed by atoms with Crippen molar-refractivity contribution < 1.29 is 4.74 Å². The van der Waals surface area contributed by atoms with Crippen LogP contribution in [0.3, 0.4) is 0 Å². The molecule has 2 unspecified atom stereocenters. The van der Waals surface area contributed by atoms with E-state index >= 15 is 0 Å². The SMILES string of the molecule is CC(Oc1cccc(Cl)c1)C(N)/C1=C/CCCCCC1. The molecule has 0 radical (unpaired) electrons. The number of benzene rings is 1. The Kier molecular flexibility index (Phi) is 5.93. The molecule has 2 rings (SSSR count). The molecular formula is C17H24ClNO. The van der Waals surface area contributed by atoms with Gasteiger partial charge in [-0.05, 0) is 50.8 Å². The largest absolute Gasteiger partial charge is 0.489 e. The van der Waals surface area contributed by atoms with Gasteiger partial charge in [0, 0.05) is 5.02 Å². The van der Waals surface area contributed by atoms with Gasteiger partial charge in [0.15, 0.2) is 0 Å². The van der Waals surface area contributed by atoms with Crippen molar-refractivity contribution in [2.45, 2.75) is 57.6 Å². The highest BCUT2D eigenvalue weighted by molar-refractivity contribution is 6.30. The van der Waals surface area contributed by atoms with Crippen LogP contribution in [0.2, 0.25) is 5.02 Å². The molecule has 0 amide bonds. The summed E-state index contributed by atoms with van der Waals surface area (Å²) in [6, 6.07) is 7.45. The maximum atomic E-state index is 6.37. The number of nitrogens with two attached hydrogens (primary N) is 1. The Morgan fingerprint density at radius 2 is 2.00 bits per heavy atom. The minimum Gasteiger partial charge on any atom is -0.489 e. The minimum atomic E-state index is -0.0425. The quantitative estimate of drug-likeness (QED) is 0.816. The van der Waals surface area contributed by atoms with E-state index in [1.807, 2.05) is 31.2 Å². The van der Waals surface area contributed by atoms with Crippen LogP contribution in [-0.4, -0.2) is 12.1 Å². The summed E-state index contributed by atoms with van der Waals surface area (Å²) in [5.41, 5.74) is 7.72. The summed E-state index contributed by atoms with van der Waals surface area (Å²) in [5.74, 6) is 0.784. The van der Waals surface area contributed by atoms with Crippen molar-refractivity contribution in [2.24, 2.45) is 5.73 Å². The van der Waals surface area contributed by atoms with Crippen LogP contribution in [0, 0.1) is 0 Å². The maximum absolute atomic E-state index is 6.37. The van der Waals surface area contributed by atoms with Crippen LogP contribution in [0.5, 0.6) is 5.75 Å². The molecule has 2 N–H and O–H groups in total. The molecule has 2 nitrogen and oxygen atoms in total. The van der Waals surface area contributed by atoms with Crippen LogP contribution in [0.1, 0.15) is 45.4 Å². The topological polar surface area (TPSA) is 35.2 Å². The first-order valence-electron chi connectivity index (χ1n) is 7.53. The molecule has 3 heteroatoms. The number of hydrogen-bond acceptors (Lipinski definition) is 2. The third-order valence-corrected chi connectivity index (χ3v) is 4.11. The highest BCUT2D eigenvalue weighted by atomic mass is 35.5. The second-order valence-corrected chi connectivity index (χ2v) is 5.97. The van der Waals surface area contributed by atoms with Crippen molar-refractivity contribution in [1.29, 1.82) is 0 Å². The third-order valence-electron chi connectivity index (χ3n) is 3.88. The van der Waals surface area contributed by atoms with Gasteiger partial charge in [0.2, 0.25) is 0 Å². The molecule has 1 aromatic carbocycles. The average Bonchev–Trinajstić information content (AvgIpc) is 2.37. The third kappa shape index (κ3) is 4.53. The second kappa shape index (κ2) is 7.70. The molecule has 1 aromatic rings. The van der Waals surface area contributed by atoms with Gasteiger partial charge in [0.05, 0.1) is 6.04 Å². The summed E-state index contributed by atoms with van der Waals surface area (Å²) < 4.78 is 5.93. The number of halogens is 1. The Morgan fingerprint density at radius 1 is 1.20 bits per heavy atom. The summed E-state index contributed by atoms with van der Waals surface area (Å²) in [4.78, 5) is 0. The fourth-order valence-corrected chi connectivity index (χ4v) is 2.83. The molecule has 0 fully saturated rings. The van der Waals surface area contributed by atoms with E-state index in [1.165, 1.54) is 31.3 Å². The van der Waals surface area contributed by atoms with Gasteiger partial charge in [0.25, 0.3) is 0 Å². The van der Waals surface area contributed by atoms with Gasteiger partial charge >= 0.3 is 0 Å². The van der Waals surface area contributed by atoms with Gasteiger partial charge < -0.3 is 10.5 Å². The summed E-state index contributed by atoms with van der Waals surface area (Å²) in [6.07, 6.45) is 9.70. The fourth-order valence-electron chi connectivity index (χ4n) is 2.65. The Hall–Kier alpha value is -0.990. The predicted molar refractivity (Wildman–Crippen MR) is 85.3 cm³/mol. The highest BCUT2D eigenvalue weighted by Crippen LogP contribution is 2.23. The first-order valence-corrected chi connectivity index (χ1v) is 7.91. The van der Waals surface area contributed by atoms with Crippen LogP contribution in [-0.2, 0) is 0 Å². The molecule has 0 aromatic heterocycles. The molecule has 20 heavy (non-hydrogen) atoms. The van der Waals surface area contributed by atoms with Crippen LogP contribution in [0.25, 0.3) is 0 Å². The van der Waals surface area contributed by atoms with E-state index in [9.17, 15) is 0 Å². The standard InChI is InChI=1S/C17H24ClNO/c1-13(20-16-11-7-10-15(18)12-16)17(19)14-8-5-3-2-4-6-9-14/h7-8,10-13,17H,2-6,9,19H2,1H3/b14-8+. The van der Waals surface area contributed by atoms with Gasteiger partial charge in [-0.3, -0.25) is 0 Å². The van der Waals surface area contributed by atoms with E-state index in [0.29, 0.717) is 5.02 Å². The van der Waals surface area contributed by atoms with E-state index in [4.69, 9.17) is 22.1 Å². The van der Waals surface area contributed by atoms with Crippen LogP contribution < -0.4 is 10.5 Å². The Bertz CT molecular complexity index is 458. The van der Waals surface area contributed by atoms with Crippen LogP contribution in [0.4, 0.5) is 0 Å². The Morgan fingerprint density at radius 3 is 2.80 bits per heavy atom. The Balaban J connectivity index is 1.98. The van der Waals surface area contributed by atoms with Crippen molar-refractivity contribution in [2.75, 3.05) is 0 Å². The van der Waals surface area contributed by atoms with Crippen molar-refractivity contribution >= 4 is 11.6 Å². The summed E-state index contributed by atoms with van der Waals surface area (Å²) >= 11 is 5.97. The first kappa shape index (κ1) is 15.4. The molecule has 0 heterocycles. The molecular weight excluding hydrogens is 270 g/mol. The van der Waals surface area contributed by atoms with E-state index in [0.717, 1.165) is 18.6 Å². The summed E-state index contributed by atoms with van der Waals surface area (Å²) in [7, 11) is 0. The minimum absolute atomic E-state index is 0.0351. The summed E-state index contributed by atoms with van der Waals surface area (Å²) in [6.45, 7) is 2.03. The number of ether oxygens (including phenoxy) is 1. The zero-order valence-corrected chi connectivity index (χ0v) is 12.9. The predicted octanol–water partition coefficient (Wildman–Crippen LogP) is 4.72. The monoisotopic (exact) mass is 293 g/mol. The van der Waals surface area contributed by atoms with Gasteiger partial charge in [0.1, 0.15) is 11.9 Å². The van der Waals surface area contributed by atoms with Crippen molar-refractivity contribution in [1.82, 2.24) is 0 Å². The lowest BCUT2D eigenvalue weighted by Crippen LogP contribution is -2.38. The molecule has 0 bridgehead atoms. The number of hydrogen-bond donors (Lipinski definition) is 1. The van der Waals surface area contributed by atoms with Crippen molar-refractivity contribution in [3.8, 4) is 5.75 Å². The average molecular weight is 294 g/mol. The van der Waals surface area contributed by atoms with Crippen LogP contribution >= 0.6 is 11.6 Å². The zero-order valence-electron chi connectivity index (χ0n) is 12.1. The van der Waals surface area contributed by atoms with Gasteiger partial charge in [-0.1, -0.05) is 42.2 Å². The van der Waals surface area contributed by atoms with E-state index in [-0.39, 0.29) is 12.1 Å². The highest BCUT2D eigenvalue weighted by Gasteiger charge is 2.19. The lowest BCUT2D eigenvalue weighted by atomic mass is 9.93. The normalized spacial score (nSPS) is 22.1. The van der Waals surface area contributed by atoms with Gasteiger partial charge in [-0.2, -0.15) is 0 Å². The van der Waals surface area contributed by atoms with Crippen molar-refractivity contribution in [3.63, 3.8) is 0 Å². The number of rotatable bonds is 4. The zero-order chi connectivity index (χ0) is 14.4. The first-order chi connectivity index (χ1) is 9.66. The maximum Gasteiger partial charge on any atom is 0.121 e. The molecule has 1 aliphatic rings. The van der Waals surface area contributed by atoms with E-state index in [1.54, 1.807) is 0 Å². The van der Waals surface area contributed by atoms with E-state index < -0.39 is 0 Å². The molecule has 0 aliphatic heterocycles. The molecule has 1 aliphatic carbocycles. The smallest absolute Gasteiger partial charge is 0.121 e. The van der Waals surface area contributed by atoms with Crippen LogP contribution in [0.15, 0.2) is 35.9 Å². The van der Waals surface area contributed by atoms with Gasteiger partial charge in [-0.25, -0.2) is 0 Å². The fraction of sp³-hybridized carbons (Fsp3) is 0.529. The summed E-state index contributed by atoms with van der Waals surface area (Å²) in [5, 5.41) is 0.688. The molecule has 0 saturated carbocycles. The van der Waals surface area contributed by atoms with Gasteiger partial charge in [-0.15, -0.1) is 0 Å². The molecule has 0 saturated heterocycles.